The molecule has 3 rings (SSSR count). The first-order chi connectivity index (χ1) is 12.2. The third kappa shape index (κ3) is 4.64. The van der Waals surface area contributed by atoms with Gasteiger partial charge < -0.3 is 24.8 Å². The number of hydrogen-bond acceptors (Lipinski definition) is 5. The van der Waals surface area contributed by atoms with Crippen molar-refractivity contribution in [2.24, 2.45) is 0 Å². The van der Waals surface area contributed by atoms with E-state index < -0.39 is 0 Å². The second-order valence-corrected chi connectivity index (χ2v) is 6.72. The molecule has 6 nitrogen and oxygen atoms in total. The fourth-order valence-electron chi connectivity index (χ4n) is 3.42. The molecule has 0 radical (unpaired) electrons. The van der Waals surface area contributed by atoms with Crippen LogP contribution >= 0.6 is 0 Å². The Labute approximate surface area is 149 Å². The average Bonchev–Trinajstić information content (AvgIpc) is 3.13. The molecule has 1 aromatic rings. The fourth-order valence-corrected chi connectivity index (χ4v) is 3.42. The van der Waals surface area contributed by atoms with Crippen LogP contribution in [-0.2, 0) is 16.1 Å². The lowest BCUT2D eigenvalue weighted by molar-refractivity contribution is -0.129. The standard InChI is InChI=1S/C19H28N2O4/c1-13-18(20-9-10-24-13)19(22)21-12-14-7-8-16(23-2)11-17(14)25-15-5-3-4-6-15/h7-8,11,13,15,18,20H,3-6,9-10,12H2,1-2H3,(H,21,22)/t13-,18+/m1/s1. The van der Waals surface area contributed by atoms with Crippen molar-refractivity contribution >= 4 is 5.91 Å². The lowest BCUT2D eigenvalue weighted by Crippen LogP contribution is -2.55. The maximum absolute atomic E-state index is 12.4. The Bertz CT molecular complexity index is 587. The van der Waals surface area contributed by atoms with Crippen LogP contribution in [0, 0.1) is 0 Å². The van der Waals surface area contributed by atoms with Crippen LogP contribution in [0.1, 0.15) is 38.2 Å². The Morgan fingerprint density at radius 3 is 2.88 bits per heavy atom. The number of morpholine rings is 1. The molecule has 1 aromatic carbocycles. The highest BCUT2D eigenvalue weighted by Crippen LogP contribution is 2.30. The van der Waals surface area contributed by atoms with Gasteiger partial charge in [-0.05, 0) is 44.7 Å². The van der Waals surface area contributed by atoms with Gasteiger partial charge in [0.05, 0.1) is 25.9 Å². The van der Waals surface area contributed by atoms with Crippen LogP contribution in [0.25, 0.3) is 0 Å². The average molecular weight is 348 g/mol. The summed E-state index contributed by atoms with van der Waals surface area (Å²) in [7, 11) is 1.65. The van der Waals surface area contributed by atoms with Gasteiger partial charge in [0.2, 0.25) is 5.91 Å². The summed E-state index contributed by atoms with van der Waals surface area (Å²) in [6, 6.07) is 5.45. The van der Waals surface area contributed by atoms with E-state index in [1.165, 1.54) is 12.8 Å². The summed E-state index contributed by atoms with van der Waals surface area (Å²) >= 11 is 0. The van der Waals surface area contributed by atoms with E-state index in [2.05, 4.69) is 10.6 Å². The summed E-state index contributed by atoms with van der Waals surface area (Å²) in [5.74, 6) is 1.52. The van der Waals surface area contributed by atoms with Crippen molar-refractivity contribution in [3.05, 3.63) is 23.8 Å². The number of amides is 1. The molecule has 1 saturated carbocycles. The monoisotopic (exact) mass is 348 g/mol. The molecule has 2 atom stereocenters. The second-order valence-electron chi connectivity index (χ2n) is 6.72. The van der Waals surface area contributed by atoms with Crippen molar-refractivity contribution in [3.63, 3.8) is 0 Å². The molecule has 1 heterocycles. The highest BCUT2D eigenvalue weighted by atomic mass is 16.5. The van der Waals surface area contributed by atoms with Crippen molar-refractivity contribution in [1.82, 2.24) is 10.6 Å². The molecule has 2 fully saturated rings. The number of rotatable bonds is 6. The van der Waals surface area contributed by atoms with Crippen molar-refractivity contribution in [2.45, 2.75) is 57.4 Å². The lowest BCUT2D eigenvalue weighted by atomic mass is 10.1. The SMILES string of the molecule is COc1ccc(CNC(=O)[C@H]2NCCO[C@@H]2C)c(OC2CCCC2)c1. The fraction of sp³-hybridized carbons (Fsp3) is 0.632. The molecule has 1 aliphatic carbocycles. The van der Waals surface area contributed by atoms with Gasteiger partial charge in [0, 0.05) is 24.7 Å². The van der Waals surface area contributed by atoms with Gasteiger partial charge in [-0.1, -0.05) is 0 Å². The molecule has 0 unspecified atom stereocenters. The molecule has 1 amide bonds. The van der Waals surface area contributed by atoms with Crippen LogP contribution in [0.3, 0.4) is 0 Å². The molecule has 0 spiro atoms. The van der Waals surface area contributed by atoms with Crippen LogP contribution in [0.5, 0.6) is 11.5 Å². The molecule has 0 bridgehead atoms. The second kappa shape index (κ2) is 8.54. The molecule has 6 heteroatoms. The first-order valence-electron chi connectivity index (χ1n) is 9.13. The van der Waals surface area contributed by atoms with Gasteiger partial charge in [0.15, 0.2) is 0 Å². The van der Waals surface area contributed by atoms with Crippen molar-refractivity contribution in [1.29, 1.82) is 0 Å². The van der Waals surface area contributed by atoms with Crippen LogP contribution in [-0.4, -0.2) is 44.4 Å². The Morgan fingerprint density at radius 1 is 1.36 bits per heavy atom. The number of benzene rings is 1. The summed E-state index contributed by atoms with van der Waals surface area (Å²) in [5, 5.41) is 6.21. The number of carbonyl (C=O) groups is 1. The third-order valence-corrected chi connectivity index (χ3v) is 4.92. The van der Waals surface area contributed by atoms with E-state index in [0.717, 1.165) is 29.9 Å². The van der Waals surface area contributed by atoms with Gasteiger partial charge >= 0.3 is 0 Å². The topological polar surface area (TPSA) is 68.8 Å². The van der Waals surface area contributed by atoms with Gasteiger partial charge in [-0.2, -0.15) is 0 Å². The van der Waals surface area contributed by atoms with Crippen LogP contribution in [0.15, 0.2) is 18.2 Å². The maximum Gasteiger partial charge on any atom is 0.240 e. The van der Waals surface area contributed by atoms with E-state index in [9.17, 15) is 4.79 Å². The largest absolute Gasteiger partial charge is 0.497 e. The van der Waals surface area contributed by atoms with E-state index >= 15 is 0 Å². The summed E-state index contributed by atoms with van der Waals surface area (Å²) in [5.41, 5.74) is 0.963. The summed E-state index contributed by atoms with van der Waals surface area (Å²) in [4.78, 5) is 12.4. The maximum atomic E-state index is 12.4. The van der Waals surface area contributed by atoms with E-state index in [1.54, 1.807) is 7.11 Å². The quantitative estimate of drug-likeness (QED) is 0.823. The third-order valence-electron chi connectivity index (χ3n) is 4.92. The van der Waals surface area contributed by atoms with Crippen LogP contribution in [0.2, 0.25) is 0 Å². The zero-order valence-electron chi connectivity index (χ0n) is 15.0. The lowest BCUT2D eigenvalue weighted by Gasteiger charge is -2.29. The van der Waals surface area contributed by atoms with E-state index in [1.807, 2.05) is 25.1 Å². The molecule has 2 aliphatic rings. The van der Waals surface area contributed by atoms with Gasteiger partial charge in [-0.15, -0.1) is 0 Å². The van der Waals surface area contributed by atoms with Gasteiger partial charge in [0.25, 0.3) is 0 Å². The van der Waals surface area contributed by atoms with Gasteiger partial charge in [-0.3, -0.25) is 4.79 Å². The minimum absolute atomic E-state index is 0.0464. The highest BCUT2D eigenvalue weighted by molar-refractivity contribution is 5.82. The zero-order valence-corrected chi connectivity index (χ0v) is 15.0. The number of methoxy groups -OCH3 is 1. The van der Waals surface area contributed by atoms with Crippen molar-refractivity contribution in [3.8, 4) is 11.5 Å². The molecule has 138 valence electrons. The number of nitrogens with one attached hydrogen (secondary N) is 2. The Balaban J connectivity index is 1.64. The molecule has 1 saturated heterocycles. The number of ether oxygens (including phenoxy) is 3. The normalized spacial score (nSPS) is 24.1. The zero-order chi connectivity index (χ0) is 17.6. The molecular formula is C19H28N2O4. The number of carbonyl (C=O) groups excluding carboxylic acids is 1. The van der Waals surface area contributed by atoms with Crippen LogP contribution < -0.4 is 20.1 Å². The molecule has 2 N–H and O–H groups in total. The van der Waals surface area contributed by atoms with Crippen LogP contribution in [0.4, 0.5) is 0 Å². The predicted molar refractivity (Wildman–Crippen MR) is 94.9 cm³/mol. The predicted octanol–water partition coefficient (Wildman–Crippen LogP) is 2.01. The first-order valence-corrected chi connectivity index (χ1v) is 9.13. The van der Waals surface area contributed by atoms with Crippen molar-refractivity contribution < 1.29 is 19.0 Å². The van der Waals surface area contributed by atoms with E-state index in [0.29, 0.717) is 19.7 Å². The van der Waals surface area contributed by atoms with Gasteiger partial charge in [0.1, 0.15) is 17.5 Å². The molecule has 1 aliphatic heterocycles. The minimum atomic E-state index is -0.314. The molecule has 25 heavy (non-hydrogen) atoms. The summed E-state index contributed by atoms with van der Waals surface area (Å²) < 4.78 is 17.0. The van der Waals surface area contributed by atoms with Gasteiger partial charge in [-0.25, -0.2) is 0 Å². The molecule has 0 aromatic heterocycles. The molecular weight excluding hydrogens is 320 g/mol. The Hall–Kier alpha value is -1.79. The smallest absolute Gasteiger partial charge is 0.240 e. The Morgan fingerprint density at radius 2 is 2.16 bits per heavy atom. The first kappa shape index (κ1) is 18.0. The van der Waals surface area contributed by atoms with E-state index in [-0.39, 0.29) is 24.2 Å². The van der Waals surface area contributed by atoms with E-state index in [4.69, 9.17) is 14.2 Å². The van der Waals surface area contributed by atoms with Crippen molar-refractivity contribution in [2.75, 3.05) is 20.3 Å². The number of hydrogen-bond donors (Lipinski definition) is 2. The Kier molecular flexibility index (Phi) is 6.15. The highest BCUT2D eigenvalue weighted by Gasteiger charge is 2.28. The summed E-state index contributed by atoms with van der Waals surface area (Å²) in [6.07, 6.45) is 4.74. The summed E-state index contributed by atoms with van der Waals surface area (Å²) in [6.45, 7) is 3.68. The minimum Gasteiger partial charge on any atom is -0.497 e.